The van der Waals surface area contributed by atoms with Crippen molar-refractivity contribution in [3.8, 4) is 0 Å². The topological polar surface area (TPSA) is 48.2 Å². The number of rotatable bonds is 4. The zero-order chi connectivity index (χ0) is 19.7. The van der Waals surface area contributed by atoms with Crippen LogP contribution in [0.3, 0.4) is 0 Å². The van der Waals surface area contributed by atoms with Gasteiger partial charge in [0.25, 0.3) is 0 Å². The molecule has 0 atom stereocenters. The highest BCUT2D eigenvalue weighted by atomic mass is 19.1. The van der Waals surface area contributed by atoms with Crippen molar-refractivity contribution in [3.05, 3.63) is 95.5 Å². The molecule has 29 heavy (non-hydrogen) atoms. The second-order valence-corrected chi connectivity index (χ2v) is 7.52. The van der Waals surface area contributed by atoms with E-state index in [-0.39, 0.29) is 5.82 Å². The monoisotopic (exact) mass is 388 g/mol. The molecule has 1 saturated heterocycles. The quantitative estimate of drug-likeness (QED) is 0.491. The van der Waals surface area contributed by atoms with Crippen molar-refractivity contribution in [1.82, 2.24) is 10.2 Å². The maximum absolute atomic E-state index is 14.0. The molecular weight excluding hydrogens is 367 g/mol. The molecule has 0 saturated carbocycles. The number of halogens is 1. The normalized spacial score (nSPS) is 16.2. The molecule has 0 unspecified atom stereocenters. The molecule has 5 heteroatoms. The van der Waals surface area contributed by atoms with E-state index in [4.69, 9.17) is 9.15 Å². The minimum Gasteiger partial charge on any atom is -0.424 e. The molecule has 1 fully saturated rings. The van der Waals surface area contributed by atoms with E-state index < -0.39 is 5.41 Å². The zero-order valence-electron chi connectivity index (χ0n) is 16.0. The first kappa shape index (κ1) is 18.0. The first-order valence-corrected chi connectivity index (χ1v) is 9.88. The van der Waals surface area contributed by atoms with Gasteiger partial charge in [0, 0.05) is 13.2 Å². The first-order chi connectivity index (χ1) is 14.2. The van der Waals surface area contributed by atoms with Gasteiger partial charge in [-0.25, -0.2) is 4.39 Å². The average molecular weight is 388 g/mol. The van der Waals surface area contributed by atoms with Crippen LogP contribution in [0.2, 0.25) is 0 Å². The van der Waals surface area contributed by atoms with Gasteiger partial charge in [0.1, 0.15) is 5.82 Å². The second kappa shape index (κ2) is 7.41. The van der Waals surface area contributed by atoms with Crippen LogP contribution in [-0.2, 0) is 16.6 Å². The molecule has 1 aliphatic heterocycles. The number of aromatic nitrogens is 2. The molecule has 0 N–H and O–H groups in total. The summed E-state index contributed by atoms with van der Waals surface area (Å²) in [5, 5.41) is 11.1. The van der Waals surface area contributed by atoms with Crippen LogP contribution in [0.4, 0.5) is 4.39 Å². The van der Waals surface area contributed by atoms with Crippen LogP contribution in [0.1, 0.15) is 35.7 Å². The van der Waals surface area contributed by atoms with Crippen LogP contribution in [0.15, 0.2) is 71.1 Å². The Hall–Kier alpha value is -3.05. The van der Waals surface area contributed by atoms with Crippen LogP contribution < -0.4 is 0 Å². The molecule has 5 rings (SSSR count). The third-order valence-electron chi connectivity index (χ3n) is 5.82. The number of fused-ring (bicyclic) bond motifs is 1. The Balaban J connectivity index is 1.52. The summed E-state index contributed by atoms with van der Waals surface area (Å²) in [7, 11) is 0. The molecule has 4 aromatic rings. The van der Waals surface area contributed by atoms with Crippen LogP contribution in [0, 0.1) is 5.82 Å². The standard InChI is InChI=1S/C24H21FN2O2/c25-20-9-4-8-19(16-20)24(11-13-28-14-12-24)23-27-26-22(29-23)15-18-7-3-6-17-5-1-2-10-21(17)18/h1-10,16H,11-15H2. The molecule has 0 radical (unpaired) electrons. The largest absolute Gasteiger partial charge is 0.424 e. The lowest BCUT2D eigenvalue weighted by Crippen LogP contribution is -2.35. The van der Waals surface area contributed by atoms with E-state index >= 15 is 0 Å². The third kappa shape index (κ3) is 3.32. The molecule has 0 spiro atoms. The summed E-state index contributed by atoms with van der Waals surface area (Å²) in [6.45, 7) is 1.16. The van der Waals surface area contributed by atoms with Crippen molar-refractivity contribution >= 4 is 10.8 Å². The summed E-state index contributed by atoms with van der Waals surface area (Å²) in [6, 6.07) is 21.2. The van der Waals surface area contributed by atoms with Gasteiger partial charge in [-0.05, 0) is 46.9 Å². The minimum atomic E-state index is -0.510. The van der Waals surface area contributed by atoms with E-state index in [0.29, 0.717) is 44.3 Å². The molecule has 0 aliphatic carbocycles. The Kier molecular flexibility index (Phi) is 4.60. The Bertz CT molecular complexity index is 1140. The fraction of sp³-hybridized carbons (Fsp3) is 0.250. The molecule has 1 aromatic heterocycles. The van der Waals surface area contributed by atoms with Crippen molar-refractivity contribution in [1.29, 1.82) is 0 Å². The smallest absolute Gasteiger partial charge is 0.227 e. The fourth-order valence-corrected chi connectivity index (χ4v) is 4.26. The van der Waals surface area contributed by atoms with Gasteiger partial charge in [-0.3, -0.25) is 0 Å². The van der Waals surface area contributed by atoms with Gasteiger partial charge >= 0.3 is 0 Å². The highest BCUT2D eigenvalue weighted by Gasteiger charge is 2.41. The number of ether oxygens (including phenoxy) is 1. The highest BCUT2D eigenvalue weighted by molar-refractivity contribution is 5.85. The third-order valence-corrected chi connectivity index (χ3v) is 5.82. The SMILES string of the molecule is Fc1cccc(C2(c3nnc(Cc4cccc5ccccc45)o3)CCOCC2)c1. The minimum absolute atomic E-state index is 0.260. The van der Waals surface area contributed by atoms with Crippen LogP contribution in [-0.4, -0.2) is 23.4 Å². The van der Waals surface area contributed by atoms with Gasteiger partial charge < -0.3 is 9.15 Å². The van der Waals surface area contributed by atoms with E-state index in [2.05, 4.69) is 34.5 Å². The van der Waals surface area contributed by atoms with Crippen LogP contribution in [0.25, 0.3) is 10.8 Å². The van der Waals surface area contributed by atoms with Gasteiger partial charge in [0.2, 0.25) is 11.8 Å². The lowest BCUT2D eigenvalue weighted by molar-refractivity contribution is 0.0540. The Morgan fingerprint density at radius 3 is 2.55 bits per heavy atom. The second-order valence-electron chi connectivity index (χ2n) is 7.52. The maximum atomic E-state index is 14.0. The summed E-state index contributed by atoms with van der Waals surface area (Å²) in [4.78, 5) is 0. The number of benzene rings is 3. The van der Waals surface area contributed by atoms with Gasteiger partial charge in [-0.1, -0.05) is 54.6 Å². The predicted octanol–water partition coefficient (Wildman–Crippen LogP) is 5.05. The molecule has 1 aliphatic rings. The maximum Gasteiger partial charge on any atom is 0.227 e. The summed E-state index contributed by atoms with van der Waals surface area (Å²) in [5.41, 5.74) is 1.50. The van der Waals surface area contributed by atoms with Crippen molar-refractivity contribution in [3.63, 3.8) is 0 Å². The van der Waals surface area contributed by atoms with E-state index in [1.807, 2.05) is 24.3 Å². The number of hydrogen-bond acceptors (Lipinski definition) is 4. The van der Waals surface area contributed by atoms with E-state index in [9.17, 15) is 4.39 Å². The molecule has 146 valence electrons. The van der Waals surface area contributed by atoms with Gasteiger partial charge in [-0.2, -0.15) is 0 Å². The first-order valence-electron chi connectivity index (χ1n) is 9.88. The Labute approximate surface area is 168 Å². The average Bonchev–Trinajstić information content (AvgIpc) is 3.24. The highest BCUT2D eigenvalue weighted by Crippen LogP contribution is 2.41. The van der Waals surface area contributed by atoms with E-state index in [1.165, 1.54) is 16.8 Å². The summed E-state index contributed by atoms with van der Waals surface area (Å²) in [6.07, 6.45) is 1.93. The van der Waals surface area contributed by atoms with E-state index in [1.54, 1.807) is 12.1 Å². The molecular formula is C24H21FN2O2. The Morgan fingerprint density at radius 2 is 1.69 bits per heavy atom. The van der Waals surface area contributed by atoms with Crippen molar-refractivity contribution in [2.24, 2.45) is 0 Å². The molecule has 0 amide bonds. The summed E-state index contributed by atoms with van der Waals surface area (Å²) in [5.74, 6) is 0.851. The van der Waals surface area contributed by atoms with Gasteiger partial charge in [0.15, 0.2) is 0 Å². The van der Waals surface area contributed by atoms with Crippen LogP contribution >= 0.6 is 0 Å². The van der Waals surface area contributed by atoms with E-state index in [0.717, 1.165) is 11.1 Å². The number of nitrogens with zero attached hydrogens (tertiary/aromatic N) is 2. The van der Waals surface area contributed by atoms with Gasteiger partial charge in [0.05, 0.1) is 11.8 Å². The molecule has 0 bridgehead atoms. The number of hydrogen-bond donors (Lipinski definition) is 0. The zero-order valence-corrected chi connectivity index (χ0v) is 16.0. The fourth-order valence-electron chi connectivity index (χ4n) is 4.26. The Morgan fingerprint density at radius 1 is 0.897 bits per heavy atom. The van der Waals surface area contributed by atoms with Crippen molar-refractivity contribution < 1.29 is 13.5 Å². The lowest BCUT2D eigenvalue weighted by Gasteiger charge is -2.34. The van der Waals surface area contributed by atoms with Crippen LogP contribution in [0.5, 0.6) is 0 Å². The molecule has 2 heterocycles. The van der Waals surface area contributed by atoms with Crippen molar-refractivity contribution in [2.45, 2.75) is 24.7 Å². The molecule has 3 aromatic carbocycles. The lowest BCUT2D eigenvalue weighted by atomic mass is 9.74. The summed E-state index contributed by atoms with van der Waals surface area (Å²) < 4.78 is 25.7. The van der Waals surface area contributed by atoms with Crippen molar-refractivity contribution in [2.75, 3.05) is 13.2 Å². The summed E-state index contributed by atoms with van der Waals surface area (Å²) >= 11 is 0. The predicted molar refractivity (Wildman–Crippen MR) is 108 cm³/mol. The molecule has 4 nitrogen and oxygen atoms in total. The van der Waals surface area contributed by atoms with Gasteiger partial charge in [-0.15, -0.1) is 10.2 Å².